The number of hydrogen-bond acceptors (Lipinski definition) is 6. The second-order valence-corrected chi connectivity index (χ2v) is 9.45. The third-order valence-corrected chi connectivity index (χ3v) is 6.50. The number of anilines is 1. The molecule has 6 nitrogen and oxygen atoms in total. The predicted molar refractivity (Wildman–Crippen MR) is 139 cm³/mol. The van der Waals surface area contributed by atoms with Gasteiger partial charge in [-0.1, -0.05) is 32.0 Å². The molecule has 1 aromatic heterocycles. The monoisotopic (exact) mass is 545 g/mol. The van der Waals surface area contributed by atoms with Gasteiger partial charge in [0.05, 0.1) is 17.7 Å². The molecular formula is C26H28BrNO5S. The molecule has 34 heavy (non-hydrogen) atoms. The van der Waals surface area contributed by atoms with E-state index in [0.717, 1.165) is 15.8 Å². The van der Waals surface area contributed by atoms with Gasteiger partial charge < -0.3 is 19.5 Å². The minimum absolute atomic E-state index is 0.196. The van der Waals surface area contributed by atoms with Crippen LogP contribution in [-0.4, -0.2) is 31.7 Å². The van der Waals surface area contributed by atoms with Gasteiger partial charge in [0.2, 0.25) is 0 Å². The number of nitrogens with one attached hydrogen (secondary N) is 1. The molecule has 1 heterocycles. The summed E-state index contributed by atoms with van der Waals surface area (Å²) in [4.78, 5) is 25.4. The Hall–Kier alpha value is -2.84. The molecule has 0 saturated carbocycles. The molecule has 0 aliphatic carbocycles. The van der Waals surface area contributed by atoms with Crippen LogP contribution in [0.15, 0.2) is 52.3 Å². The highest BCUT2D eigenvalue weighted by molar-refractivity contribution is 9.10. The summed E-state index contributed by atoms with van der Waals surface area (Å²) in [5, 5.41) is 5.06. The van der Waals surface area contributed by atoms with Crippen LogP contribution in [0.1, 0.15) is 49.5 Å². The van der Waals surface area contributed by atoms with E-state index in [9.17, 15) is 9.59 Å². The van der Waals surface area contributed by atoms with E-state index in [4.69, 9.17) is 14.2 Å². The maximum absolute atomic E-state index is 12.8. The minimum Gasteiger partial charge on any atom is -0.494 e. The van der Waals surface area contributed by atoms with Gasteiger partial charge in [0, 0.05) is 10.9 Å². The molecule has 0 unspecified atom stereocenters. The Labute approximate surface area is 212 Å². The number of carbonyl (C=O) groups excluding carboxylic acids is 2. The largest absolute Gasteiger partial charge is 0.494 e. The number of ether oxygens (including phenoxy) is 3. The second kappa shape index (κ2) is 12.0. The average Bonchev–Trinajstić information content (AvgIpc) is 3.22. The number of thiophene rings is 1. The van der Waals surface area contributed by atoms with E-state index in [0.29, 0.717) is 34.4 Å². The highest BCUT2D eigenvalue weighted by Gasteiger charge is 2.23. The molecule has 8 heteroatoms. The van der Waals surface area contributed by atoms with Crippen LogP contribution in [0.5, 0.6) is 11.5 Å². The number of halogens is 1. The van der Waals surface area contributed by atoms with Crippen LogP contribution in [0, 0.1) is 0 Å². The molecule has 0 fully saturated rings. The van der Waals surface area contributed by atoms with Crippen molar-refractivity contribution in [3.05, 3.63) is 63.4 Å². The minimum atomic E-state index is -0.490. The fourth-order valence-corrected chi connectivity index (χ4v) is 4.75. The zero-order chi connectivity index (χ0) is 24.7. The molecule has 3 aromatic rings. The van der Waals surface area contributed by atoms with Crippen molar-refractivity contribution in [1.29, 1.82) is 0 Å². The molecule has 180 valence electrons. The van der Waals surface area contributed by atoms with E-state index in [1.807, 2.05) is 54.8 Å². The molecule has 1 amide bonds. The van der Waals surface area contributed by atoms with E-state index in [1.54, 1.807) is 6.92 Å². The van der Waals surface area contributed by atoms with Crippen molar-refractivity contribution in [2.75, 3.05) is 25.1 Å². The molecule has 2 aromatic carbocycles. The fourth-order valence-electron chi connectivity index (χ4n) is 3.26. The highest BCUT2D eigenvalue weighted by atomic mass is 79.9. The molecule has 0 aliphatic heterocycles. The summed E-state index contributed by atoms with van der Waals surface area (Å²) in [6.45, 7) is 8.49. The first kappa shape index (κ1) is 25.8. The van der Waals surface area contributed by atoms with Crippen molar-refractivity contribution in [2.24, 2.45) is 0 Å². The quantitative estimate of drug-likeness (QED) is 0.280. The second-order valence-electron chi connectivity index (χ2n) is 7.71. The Bertz CT molecular complexity index is 1140. The smallest absolute Gasteiger partial charge is 0.341 e. The molecule has 0 atom stereocenters. The van der Waals surface area contributed by atoms with E-state index < -0.39 is 5.97 Å². The molecule has 0 aliphatic rings. The summed E-state index contributed by atoms with van der Waals surface area (Å²) in [6, 6.07) is 13.3. The number of hydrogen-bond donors (Lipinski definition) is 1. The lowest BCUT2D eigenvalue weighted by atomic mass is 10.0. The van der Waals surface area contributed by atoms with Crippen LogP contribution in [0.3, 0.4) is 0 Å². The van der Waals surface area contributed by atoms with Crippen molar-refractivity contribution in [2.45, 2.75) is 33.6 Å². The third-order valence-electron chi connectivity index (χ3n) is 4.98. The zero-order valence-corrected chi connectivity index (χ0v) is 22.0. The summed E-state index contributed by atoms with van der Waals surface area (Å²) >= 11 is 4.77. The normalized spacial score (nSPS) is 10.8. The van der Waals surface area contributed by atoms with Crippen LogP contribution < -0.4 is 14.8 Å². The molecule has 1 N–H and O–H groups in total. The number of amides is 1. The number of esters is 1. The summed E-state index contributed by atoms with van der Waals surface area (Å²) in [7, 11) is 0. The molecule has 3 rings (SSSR count). The number of carbonyl (C=O) groups is 2. The summed E-state index contributed by atoms with van der Waals surface area (Å²) in [5.41, 5.74) is 3.01. The summed E-state index contributed by atoms with van der Waals surface area (Å²) < 4.78 is 17.2. The maximum atomic E-state index is 12.8. The van der Waals surface area contributed by atoms with Gasteiger partial charge in [-0.05, 0) is 71.1 Å². The maximum Gasteiger partial charge on any atom is 0.341 e. The van der Waals surface area contributed by atoms with Gasteiger partial charge in [-0.3, -0.25) is 4.79 Å². The number of rotatable bonds is 10. The Balaban J connectivity index is 1.77. The topological polar surface area (TPSA) is 73.9 Å². The standard InChI is InChI=1S/C26H28BrNO5S/c1-5-31-19-10-7-17(8-11-19)20-15-34-25(24(20)26(30)32-6-2)28-23(29)14-33-22-12-9-18(16(3)4)13-21(22)27/h7-13,15-16H,5-6,14H2,1-4H3,(H,28,29). The van der Waals surface area contributed by atoms with Crippen molar-refractivity contribution in [1.82, 2.24) is 0 Å². The molecule has 0 spiro atoms. The highest BCUT2D eigenvalue weighted by Crippen LogP contribution is 2.37. The van der Waals surface area contributed by atoms with Gasteiger partial charge in [-0.25, -0.2) is 4.79 Å². The van der Waals surface area contributed by atoms with Gasteiger partial charge in [0.15, 0.2) is 6.61 Å². The van der Waals surface area contributed by atoms with Crippen LogP contribution in [0.25, 0.3) is 11.1 Å². The first-order valence-electron chi connectivity index (χ1n) is 11.1. The van der Waals surface area contributed by atoms with Crippen molar-refractivity contribution in [3.63, 3.8) is 0 Å². The predicted octanol–water partition coefficient (Wildman–Crippen LogP) is 6.89. The average molecular weight is 546 g/mol. The third kappa shape index (κ3) is 6.39. The van der Waals surface area contributed by atoms with Crippen molar-refractivity contribution >= 4 is 44.1 Å². The van der Waals surface area contributed by atoms with Crippen LogP contribution in [0.4, 0.5) is 5.00 Å². The molecule has 0 radical (unpaired) electrons. The van der Waals surface area contributed by atoms with Gasteiger partial charge in [-0.2, -0.15) is 0 Å². The fraction of sp³-hybridized carbons (Fsp3) is 0.308. The van der Waals surface area contributed by atoms with Gasteiger partial charge in [0.25, 0.3) is 5.91 Å². The first-order valence-corrected chi connectivity index (χ1v) is 12.7. The van der Waals surface area contributed by atoms with E-state index in [-0.39, 0.29) is 19.1 Å². The van der Waals surface area contributed by atoms with E-state index in [1.165, 1.54) is 16.9 Å². The molecule has 0 saturated heterocycles. The Morgan fingerprint density at radius 2 is 1.76 bits per heavy atom. The van der Waals surface area contributed by atoms with Crippen LogP contribution >= 0.6 is 27.3 Å². The van der Waals surface area contributed by atoms with E-state index in [2.05, 4.69) is 35.1 Å². The number of benzene rings is 2. The Kier molecular flexibility index (Phi) is 9.12. The zero-order valence-electron chi connectivity index (χ0n) is 19.6. The van der Waals surface area contributed by atoms with Crippen molar-refractivity contribution < 1.29 is 23.8 Å². The molecular weight excluding hydrogens is 518 g/mol. The van der Waals surface area contributed by atoms with Gasteiger partial charge >= 0.3 is 5.97 Å². The van der Waals surface area contributed by atoms with Gasteiger partial charge in [0.1, 0.15) is 22.1 Å². The van der Waals surface area contributed by atoms with Crippen molar-refractivity contribution in [3.8, 4) is 22.6 Å². The summed E-state index contributed by atoms with van der Waals surface area (Å²) in [5.74, 6) is 0.851. The Morgan fingerprint density at radius 1 is 1.03 bits per heavy atom. The van der Waals surface area contributed by atoms with Crippen LogP contribution in [-0.2, 0) is 9.53 Å². The lowest BCUT2D eigenvalue weighted by Gasteiger charge is -2.12. The Morgan fingerprint density at radius 3 is 2.38 bits per heavy atom. The SMILES string of the molecule is CCOC(=O)c1c(-c2ccc(OCC)cc2)csc1NC(=O)COc1ccc(C(C)C)cc1Br. The molecule has 0 bridgehead atoms. The van der Waals surface area contributed by atoms with Gasteiger partial charge in [-0.15, -0.1) is 11.3 Å². The lowest BCUT2D eigenvalue weighted by Crippen LogP contribution is -2.21. The first-order chi connectivity index (χ1) is 16.3. The van der Waals surface area contributed by atoms with E-state index >= 15 is 0 Å². The lowest BCUT2D eigenvalue weighted by molar-refractivity contribution is -0.118. The summed E-state index contributed by atoms with van der Waals surface area (Å²) in [6.07, 6.45) is 0. The van der Waals surface area contributed by atoms with Crippen LogP contribution in [0.2, 0.25) is 0 Å².